The maximum atomic E-state index is 13.2. The summed E-state index contributed by atoms with van der Waals surface area (Å²) in [5, 5.41) is 8.87. The van der Waals surface area contributed by atoms with Crippen LogP contribution < -0.4 is 0 Å². The Balaban J connectivity index is 2.57. The van der Waals surface area contributed by atoms with Gasteiger partial charge in [0.05, 0.1) is 17.8 Å². The third-order valence-corrected chi connectivity index (χ3v) is 2.55. The number of carboxylic acid groups (broad SMARTS) is 1. The van der Waals surface area contributed by atoms with Gasteiger partial charge < -0.3 is 10.0 Å². The molecule has 1 N–H and O–H groups in total. The molecule has 0 aliphatic rings. The summed E-state index contributed by atoms with van der Waals surface area (Å²) < 4.78 is 14.9. The lowest BCUT2D eigenvalue weighted by Gasteiger charge is -2.10. The number of hydrogen-bond acceptors (Lipinski definition) is 3. The summed E-state index contributed by atoms with van der Waals surface area (Å²) in [4.78, 5) is 16.9. The Morgan fingerprint density at radius 2 is 2.22 bits per heavy atom. The highest BCUT2D eigenvalue weighted by Crippen LogP contribution is 2.16. The van der Waals surface area contributed by atoms with Gasteiger partial charge in [0, 0.05) is 12.7 Å². The Bertz CT molecular complexity index is 592. The molecule has 2 aromatic heterocycles. The van der Waals surface area contributed by atoms with Gasteiger partial charge in [0.25, 0.3) is 0 Å². The van der Waals surface area contributed by atoms with E-state index in [4.69, 9.17) is 5.11 Å². The van der Waals surface area contributed by atoms with E-state index in [0.717, 1.165) is 0 Å². The number of aliphatic carboxylic acids is 1. The summed E-state index contributed by atoms with van der Waals surface area (Å²) in [5.74, 6) is -1.32. The van der Waals surface area contributed by atoms with Gasteiger partial charge in [0.2, 0.25) is 0 Å². The van der Waals surface area contributed by atoms with Crippen LogP contribution in [-0.2, 0) is 17.8 Å². The lowest BCUT2D eigenvalue weighted by atomic mass is 10.2. The van der Waals surface area contributed by atoms with E-state index in [9.17, 15) is 9.18 Å². The van der Waals surface area contributed by atoms with Gasteiger partial charge in [-0.05, 0) is 26.2 Å². The van der Waals surface area contributed by atoms with Gasteiger partial charge >= 0.3 is 5.97 Å². The molecule has 18 heavy (non-hydrogen) atoms. The zero-order valence-corrected chi connectivity index (χ0v) is 10.2. The van der Waals surface area contributed by atoms with E-state index in [-0.39, 0.29) is 12.2 Å². The summed E-state index contributed by atoms with van der Waals surface area (Å²) in [5.41, 5.74) is 1.74. The highest BCUT2D eigenvalue weighted by Gasteiger charge is 2.15. The van der Waals surface area contributed by atoms with Gasteiger partial charge in [-0.2, -0.15) is 0 Å². The van der Waals surface area contributed by atoms with Crippen LogP contribution in [0.5, 0.6) is 0 Å². The van der Waals surface area contributed by atoms with Gasteiger partial charge in [0.1, 0.15) is 11.5 Å². The maximum absolute atomic E-state index is 13.2. The molecule has 0 amide bonds. The topological polar surface area (TPSA) is 57.8 Å². The second-order valence-corrected chi connectivity index (χ2v) is 4.39. The molecule has 2 heterocycles. The lowest BCUT2D eigenvalue weighted by Crippen LogP contribution is -2.15. The first kappa shape index (κ1) is 12.5. The zero-order chi connectivity index (χ0) is 13.3. The van der Waals surface area contributed by atoms with Crippen LogP contribution in [0.15, 0.2) is 18.3 Å². The molecule has 0 aliphatic carbocycles. The van der Waals surface area contributed by atoms with Gasteiger partial charge in [-0.1, -0.05) is 0 Å². The molecule has 2 rings (SSSR count). The highest BCUT2D eigenvalue weighted by atomic mass is 19.1. The number of pyridine rings is 1. The molecule has 0 fully saturated rings. The number of carbonyl (C=O) groups is 1. The summed E-state index contributed by atoms with van der Waals surface area (Å²) >= 11 is 0. The summed E-state index contributed by atoms with van der Waals surface area (Å²) in [7, 11) is 3.73. The number of halogens is 1. The van der Waals surface area contributed by atoms with Crippen LogP contribution in [-0.4, -0.2) is 39.5 Å². The van der Waals surface area contributed by atoms with Crippen LogP contribution in [0.2, 0.25) is 0 Å². The number of nitrogens with zero attached hydrogens (tertiary/aromatic N) is 3. The first-order chi connectivity index (χ1) is 8.47. The van der Waals surface area contributed by atoms with Crippen molar-refractivity contribution in [1.82, 2.24) is 14.3 Å². The average molecular weight is 251 g/mol. The number of fused-ring (bicyclic) bond motifs is 1. The molecule has 0 saturated carbocycles. The van der Waals surface area contributed by atoms with Crippen molar-refractivity contribution < 1.29 is 14.3 Å². The Morgan fingerprint density at radius 1 is 1.50 bits per heavy atom. The molecule has 0 radical (unpaired) electrons. The molecule has 5 nitrogen and oxygen atoms in total. The van der Waals surface area contributed by atoms with E-state index in [1.807, 2.05) is 19.0 Å². The van der Waals surface area contributed by atoms with Crippen molar-refractivity contribution >= 4 is 11.6 Å². The Labute approximate surface area is 103 Å². The molecule has 6 heteroatoms. The van der Waals surface area contributed by atoms with E-state index in [1.165, 1.54) is 12.3 Å². The van der Waals surface area contributed by atoms with Crippen molar-refractivity contribution in [1.29, 1.82) is 0 Å². The molecule has 0 spiro atoms. The largest absolute Gasteiger partial charge is 0.481 e. The monoisotopic (exact) mass is 251 g/mol. The van der Waals surface area contributed by atoms with Crippen molar-refractivity contribution in [3.05, 3.63) is 35.5 Å². The first-order valence-electron chi connectivity index (χ1n) is 5.49. The molecule has 96 valence electrons. The van der Waals surface area contributed by atoms with E-state index in [0.29, 0.717) is 23.6 Å². The normalized spacial score (nSPS) is 11.3. The highest BCUT2D eigenvalue weighted by molar-refractivity contribution is 5.70. The van der Waals surface area contributed by atoms with Crippen LogP contribution >= 0.6 is 0 Å². The molecule has 0 aliphatic heterocycles. The maximum Gasteiger partial charge on any atom is 0.309 e. The van der Waals surface area contributed by atoms with E-state index in [2.05, 4.69) is 4.98 Å². The van der Waals surface area contributed by atoms with Crippen molar-refractivity contribution in [2.45, 2.75) is 13.0 Å². The molecule has 0 bridgehead atoms. The fraction of sp³-hybridized carbons (Fsp3) is 0.333. The van der Waals surface area contributed by atoms with Crippen LogP contribution in [0, 0.1) is 5.82 Å². The minimum absolute atomic E-state index is 0.160. The molecule has 0 aromatic carbocycles. The molecule has 0 saturated heterocycles. The summed E-state index contributed by atoms with van der Waals surface area (Å²) in [6, 6.07) is 2.85. The Hall–Kier alpha value is -1.95. The van der Waals surface area contributed by atoms with Gasteiger partial charge in [-0.3, -0.25) is 9.20 Å². The number of rotatable bonds is 4. The molecule has 0 unspecified atom stereocenters. The smallest absolute Gasteiger partial charge is 0.309 e. The Morgan fingerprint density at radius 3 is 2.83 bits per heavy atom. The fourth-order valence-corrected chi connectivity index (χ4v) is 1.87. The number of carboxylic acids is 1. The zero-order valence-electron chi connectivity index (χ0n) is 10.2. The van der Waals surface area contributed by atoms with Crippen LogP contribution in [0.1, 0.15) is 11.4 Å². The molecule has 0 atom stereocenters. The number of imidazole rings is 1. The average Bonchev–Trinajstić information content (AvgIpc) is 2.55. The van der Waals surface area contributed by atoms with E-state index < -0.39 is 5.97 Å². The van der Waals surface area contributed by atoms with E-state index in [1.54, 1.807) is 10.5 Å². The van der Waals surface area contributed by atoms with Crippen molar-refractivity contribution in [2.24, 2.45) is 0 Å². The lowest BCUT2D eigenvalue weighted by molar-refractivity contribution is -0.136. The SMILES string of the molecule is CN(C)Cc1c(CC(=O)O)nc2ccc(F)cn12. The van der Waals surface area contributed by atoms with E-state index >= 15 is 0 Å². The van der Waals surface area contributed by atoms with Crippen LogP contribution in [0.4, 0.5) is 4.39 Å². The summed E-state index contributed by atoms with van der Waals surface area (Å²) in [6.45, 7) is 0.507. The van der Waals surface area contributed by atoms with Gasteiger partial charge in [0.15, 0.2) is 0 Å². The minimum Gasteiger partial charge on any atom is -0.481 e. The minimum atomic E-state index is -0.945. The van der Waals surface area contributed by atoms with Crippen molar-refractivity contribution in [3.63, 3.8) is 0 Å². The van der Waals surface area contributed by atoms with Crippen LogP contribution in [0.3, 0.4) is 0 Å². The quantitative estimate of drug-likeness (QED) is 0.886. The molecular formula is C12H14FN3O2. The third kappa shape index (κ3) is 2.48. The number of hydrogen-bond donors (Lipinski definition) is 1. The molecular weight excluding hydrogens is 237 g/mol. The fourth-order valence-electron chi connectivity index (χ4n) is 1.87. The standard InChI is InChI=1S/C12H14FN3O2/c1-15(2)7-10-9(5-12(17)18)14-11-4-3-8(13)6-16(10)11/h3-4,6H,5,7H2,1-2H3,(H,17,18). The van der Waals surface area contributed by atoms with Crippen LogP contribution in [0.25, 0.3) is 5.65 Å². The third-order valence-electron chi connectivity index (χ3n) is 2.55. The first-order valence-corrected chi connectivity index (χ1v) is 5.49. The number of aromatic nitrogens is 2. The van der Waals surface area contributed by atoms with Crippen molar-refractivity contribution in [3.8, 4) is 0 Å². The second-order valence-electron chi connectivity index (χ2n) is 4.39. The second kappa shape index (κ2) is 4.73. The summed E-state index contributed by atoms with van der Waals surface area (Å²) in [6.07, 6.45) is 1.17. The molecule has 2 aromatic rings. The predicted molar refractivity (Wildman–Crippen MR) is 63.9 cm³/mol. The van der Waals surface area contributed by atoms with Gasteiger partial charge in [-0.15, -0.1) is 0 Å². The van der Waals surface area contributed by atoms with Gasteiger partial charge in [-0.25, -0.2) is 9.37 Å². The predicted octanol–water partition coefficient (Wildman–Crippen LogP) is 1.16. The van der Waals surface area contributed by atoms with Crippen molar-refractivity contribution in [2.75, 3.05) is 14.1 Å². The Kier molecular flexibility index (Phi) is 3.29.